The maximum Gasteiger partial charge on any atom is 0.407 e. The van der Waals surface area contributed by atoms with Crippen LogP contribution < -0.4 is 20.1 Å². The minimum Gasteiger partial charge on any atom is -0.474 e. The highest BCUT2D eigenvalue weighted by Gasteiger charge is 2.42. The summed E-state index contributed by atoms with van der Waals surface area (Å²) in [7, 11) is -0.795. The first-order valence-corrected chi connectivity index (χ1v) is 22.5. The molecule has 14 heteroatoms. The average molecular weight is 810 g/mol. The molecule has 0 spiro atoms. The zero-order valence-electron chi connectivity index (χ0n) is 35.0. The van der Waals surface area contributed by atoms with E-state index in [0.717, 1.165) is 0 Å². The van der Waals surface area contributed by atoms with E-state index in [4.69, 9.17) is 23.9 Å². The number of aromatic nitrogens is 3. The zero-order valence-corrected chi connectivity index (χ0v) is 36.8. The van der Waals surface area contributed by atoms with Crippen LogP contribution in [0.2, 0.25) is 16.6 Å². The highest BCUT2D eigenvalue weighted by molar-refractivity contribution is 7.98. The number of hydrogen-bond donors (Lipinski definition) is 2. The molecule has 4 rings (SSSR count). The molecule has 0 aliphatic carbocycles. The number of nitrogens with one attached hydrogen (secondary N) is 2. The minimum absolute atomic E-state index is 0.0226. The lowest BCUT2D eigenvalue weighted by molar-refractivity contribution is 0.0511. The van der Waals surface area contributed by atoms with Gasteiger partial charge < -0.3 is 29.6 Å². The Morgan fingerprint density at radius 2 is 1.62 bits per heavy atom. The third-order valence-corrected chi connectivity index (χ3v) is 16.3. The van der Waals surface area contributed by atoms with Crippen molar-refractivity contribution < 1.29 is 32.5 Å². The van der Waals surface area contributed by atoms with Gasteiger partial charge in [0.05, 0.1) is 11.7 Å². The van der Waals surface area contributed by atoms with Crippen molar-refractivity contribution in [2.24, 2.45) is 0 Å². The second-order valence-electron chi connectivity index (χ2n) is 15.9. The molecule has 2 N–H and O–H groups in total. The number of thioether (sulfide) groups is 1. The quantitative estimate of drug-likeness (QED) is 0.0300. The molecule has 10 nitrogen and oxygen atoms in total. The van der Waals surface area contributed by atoms with E-state index in [2.05, 4.69) is 73.6 Å². The summed E-state index contributed by atoms with van der Waals surface area (Å²) in [5, 5.41) is 7.58. The molecular formula is C42H57F2N5O5SSi. The highest BCUT2D eigenvalue weighted by Crippen LogP contribution is 2.43. The molecular weight excluding hydrogens is 753 g/mol. The summed E-state index contributed by atoms with van der Waals surface area (Å²) in [4.78, 5) is 26.3. The van der Waals surface area contributed by atoms with E-state index < -0.39 is 31.4 Å². The van der Waals surface area contributed by atoms with Gasteiger partial charge in [0.25, 0.3) is 0 Å². The Kier molecular flexibility index (Phi) is 15.0. The number of alkyl carbamates (subject to hydrolysis) is 1. The lowest BCUT2D eigenvalue weighted by Gasteiger charge is -2.38. The number of nitrogens with zero attached hydrogens (tertiary/aromatic N) is 3. The molecule has 2 aromatic heterocycles. The summed E-state index contributed by atoms with van der Waals surface area (Å²) in [6.07, 6.45) is 1.44. The van der Waals surface area contributed by atoms with Crippen molar-refractivity contribution in [1.82, 2.24) is 20.3 Å². The Morgan fingerprint density at radius 3 is 2.21 bits per heavy atom. The largest absolute Gasteiger partial charge is 0.474 e. The fourth-order valence-corrected chi connectivity index (χ4v) is 12.7. The maximum atomic E-state index is 17.4. The van der Waals surface area contributed by atoms with E-state index >= 15 is 8.78 Å². The highest BCUT2D eigenvalue weighted by atomic mass is 32.2. The molecule has 0 atom stereocenters. The maximum absolute atomic E-state index is 17.4. The standard InChI is InChI=1S/C42H57F2N5O5SSi/c1-24(2)53-39-34-37(48-40(55-13)49-38(34)45-18-14-19-46-41(50)54-42(9,10)11)35(44)36(47-39)31-22-29(52-23-51-12)21-28-15-16-32(43)30(33(28)31)17-20-56(25(3)4,26(5)6)27(7)8/h15-16,21-22,24-27H,14,18-19,23H2,1-13H3,(H,46,50)(H,45,48,49). The van der Waals surface area contributed by atoms with Crippen LogP contribution in [0.4, 0.5) is 19.4 Å². The van der Waals surface area contributed by atoms with Crippen molar-refractivity contribution in [2.45, 2.75) is 116 Å². The molecule has 304 valence electrons. The number of ether oxygens (including phenoxy) is 4. The number of amides is 1. The van der Waals surface area contributed by atoms with Gasteiger partial charge in [-0.05, 0) is 87.5 Å². The molecule has 0 unspecified atom stereocenters. The van der Waals surface area contributed by atoms with Gasteiger partial charge >= 0.3 is 6.09 Å². The van der Waals surface area contributed by atoms with Gasteiger partial charge in [0.15, 0.2) is 17.8 Å². The lowest BCUT2D eigenvalue weighted by atomic mass is 9.95. The van der Waals surface area contributed by atoms with E-state index in [1.807, 2.05) is 13.8 Å². The number of pyridine rings is 1. The molecule has 0 aliphatic heterocycles. The molecule has 0 saturated carbocycles. The minimum atomic E-state index is -2.30. The van der Waals surface area contributed by atoms with Gasteiger partial charge in [-0.2, -0.15) is 0 Å². The number of anilines is 1. The molecule has 2 aromatic carbocycles. The van der Waals surface area contributed by atoms with Crippen LogP contribution in [0.3, 0.4) is 0 Å². The van der Waals surface area contributed by atoms with E-state index in [1.165, 1.54) is 24.9 Å². The van der Waals surface area contributed by atoms with Crippen molar-refractivity contribution in [3.63, 3.8) is 0 Å². The molecule has 56 heavy (non-hydrogen) atoms. The third-order valence-electron chi connectivity index (χ3n) is 9.48. The Morgan fingerprint density at radius 1 is 0.946 bits per heavy atom. The van der Waals surface area contributed by atoms with Gasteiger partial charge in [0.1, 0.15) is 47.7 Å². The van der Waals surface area contributed by atoms with Crippen LogP contribution in [-0.4, -0.2) is 74.1 Å². The van der Waals surface area contributed by atoms with Gasteiger partial charge in [0.2, 0.25) is 5.88 Å². The van der Waals surface area contributed by atoms with Crippen molar-refractivity contribution in [1.29, 1.82) is 0 Å². The van der Waals surface area contributed by atoms with Gasteiger partial charge in [-0.15, -0.1) is 5.54 Å². The van der Waals surface area contributed by atoms with E-state index in [0.29, 0.717) is 63.6 Å². The Balaban J connectivity index is 1.99. The number of carbonyl (C=O) groups is 1. The predicted octanol–water partition coefficient (Wildman–Crippen LogP) is 10.5. The van der Waals surface area contributed by atoms with E-state index in [9.17, 15) is 4.79 Å². The molecule has 0 bridgehead atoms. The number of carbonyl (C=O) groups excluding carboxylic acids is 1. The molecule has 0 radical (unpaired) electrons. The molecule has 2 heterocycles. The van der Waals surface area contributed by atoms with Gasteiger partial charge in [-0.25, -0.2) is 28.5 Å². The lowest BCUT2D eigenvalue weighted by Crippen LogP contribution is -2.43. The van der Waals surface area contributed by atoms with Crippen LogP contribution in [0.5, 0.6) is 11.6 Å². The topological polar surface area (TPSA) is 117 Å². The van der Waals surface area contributed by atoms with Crippen LogP contribution in [-0.2, 0) is 9.47 Å². The number of benzene rings is 2. The number of rotatable bonds is 15. The summed E-state index contributed by atoms with van der Waals surface area (Å²) < 4.78 is 56.3. The van der Waals surface area contributed by atoms with Crippen LogP contribution >= 0.6 is 11.8 Å². The summed E-state index contributed by atoms with van der Waals surface area (Å²) in [5.74, 6) is 2.84. The second-order valence-corrected chi connectivity index (χ2v) is 22.3. The zero-order chi connectivity index (χ0) is 41.5. The predicted molar refractivity (Wildman–Crippen MR) is 226 cm³/mol. The Bertz CT molecular complexity index is 2070. The average Bonchev–Trinajstić information content (AvgIpc) is 3.10. The number of hydrogen-bond acceptors (Lipinski definition) is 10. The van der Waals surface area contributed by atoms with Crippen LogP contribution in [0.25, 0.3) is 32.9 Å². The summed E-state index contributed by atoms with van der Waals surface area (Å²) in [6.45, 7) is 22.9. The molecule has 0 aliphatic rings. The van der Waals surface area contributed by atoms with Crippen molar-refractivity contribution in [2.75, 3.05) is 38.6 Å². The van der Waals surface area contributed by atoms with Crippen molar-refractivity contribution in [3.05, 3.63) is 41.5 Å². The SMILES string of the molecule is COCOc1cc(-c2nc(OC(C)C)c3c(NCCCNC(=O)OC(C)(C)C)nc(SC)nc3c2F)c2c(C#C[Si](C(C)C)(C(C)C)C(C)C)c(F)ccc2c1. The fraction of sp³-hybridized carbons (Fsp3) is 0.524. The summed E-state index contributed by atoms with van der Waals surface area (Å²) in [6, 6.07) is 6.41. The van der Waals surface area contributed by atoms with E-state index in [1.54, 1.807) is 45.2 Å². The molecule has 4 aromatic rings. The van der Waals surface area contributed by atoms with Gasteiger partial charge in [0, 0.05) is 31.1 Å². The second kappa shape index (κ2) is 18.8. The van der Waals surface area contributed by atoms with Gasteiger partial charge in [-0.1, -0.05) is 65.3 Å². The summed E-state index contributed by atoms with van der Waals surface area (Å²) >= 11 is 1.25. The summed E-state index contributed by atoms with van der Waals surface area (Å²) in [5.41, 5.74) is 4.28. The number of methoxy groups -OCH3 is 1. The molecule has 1 amide bonds. The Labute approximate surface area is 335 Å². The van der Waals surface area contributed by atoms with Crippen molar-refractivity contribution in [3.8, 4) is 34.4 Å². The first-order valence-electron chi connectivity index (χ1n) is 19.1. The van der Waals surface area contributed by atoms with Crippen LogP contribution in [0, 0.1) is 23.1 Å². The monoisotopic (exact) mass is 809 g/mol. The van der Waals surface area contributed by atoms with Crippen LogP contribution in [0.15, 0.2) is 29.4 Å². The first kappa shape index (κ1) is 44.5. The molecule has 0 fully saturated rings. The fourth-order valence-electron chi connectivity index (χ4n) is 7.16. The van der Waals surface area contributed by atoms with Gasteiger partial charge in [-0.3, -0.25) is 0 Å². The van der Waals surface area contributed by atoms with E-state index in [-0.39, 0.29) is 46.5 Å². The first-order chi connectivity index (χ1) is 26.3. The van der Waals surface area contributed by atoms with Crippen molar-refractivity contribution >= 4 is 53.4 Å². The third kappa shape index (κ3) is 10.2. The number of fused-ring (bicyclic) bond motifs is 2. The molecule has 0 saturated heterocycles. The smallest absolute Gasteiger partial charge is 0.407 e. The normalized spacial score (nSPS) is 12.1. The Hall–Kier alpha value is -4.19. The number of halogens is 2. The van der Waals surface area contributed by atoms with Crippen LogP contribution in [0.1, 0.15) is 88.1 Å².